The van der Waals surface area contributed by atoms with Gasteiger partial charge in [-0.05, 0) is 49.9 Å². The number of urea groups is 1. The molecule has 2 aliphatic heterocycles. The summed E-state index contributed by atoms with van der Waals surface area (Å²) in [5.74, 6) is -0.858. The van der Waals surface area contributed by atoms with Crippen molar-refractivity contribution in [2.75, 3.05) is 26.2 Å². The number of rotatable bonds is 5. The van der Waals surface area contributed by atoms with Gasteiger partial charge >= 0.3 is 12.0 Å². The van der Waals surface area contributed by atoms with Crippen LogP contribution in [0.5, 0.6) is 0 Å². The first kappa shape index (κ1) is 21.3. The lowest BCUT2D eigenvalue weighted by Crippen LogP contribution is -2.41. The van der Waals surface area contributed by atoms with Gasteiger partial charge in [0.1, 0.15) is 0 Å². The van der Waals surface area contributed by atoms with Gasteiger partial charge in [-0.15, -0.1) is 0 Å². The number of esters is 1. The number of piperidine rings is 1. The Kier molecular flexibility index (Phi) is 6.23. The van der Waals surface area contributed by atoms with Crippen LogP contribution >= 0.6 is 0 Å². The van der Waals surface area contributed by atoms with Gasteiger partial charge < -0.3 is 10.1 Å². The lowest BCUT2D eigenvalue weighted by Gasteiger charge is -2.29. The Morgan fingerprint density at radius 3 is 2.31 bits per heavy atom. The molecule has 0 spiro atoms. The molecule has 1 N–H and O–H groups in total. The summed E-state index contributed by atoms with van der Waals surface area (Å²) in [5.41, 5.74) is 0.127. The summed E-state index contributed by atoms with van der Waals surface area (Å²) in [4.78, 5) is 37.2. The van der Waals surface area contributed by atoms with Crippen molar-refractivity contribution < 1.29 is 27.5 Å². The number of hydrogen-bond acceptors (Lipinski definition) is 6. The normalized spacial score (nSPS) is 19.7. The number of ether oxygens (including phenoxy) is 1. The number of hydrogen-bond donors (Lipinski definition) is 1. The van der Waals surface area contributed by atoms with Crippen molar-refractivity contribution in [1.29, 1.82) is 0 Å². The molecule has 10 heteroatoms. The van der Waals surface area contributed by atoms with Crippen LogP contribution in [0.3, 0.4) is 0 Å². The van der Waals surface area contributed by atoms with Crippen LogP contribution in [0.15, 0.2) is 29.2 Å². The molecule has 3 amide bonds. The number of nitrogens with zero attached hydrogens (tertiary/aromatic N) is 2. The van der Waals surface area contributed by atoms with Gasteiger partial charge in [0, 0.05) is 26.2 Å². The zero-order valence-corrected chi connectivity index (χ0v) is 17.3. The summed E-state index contributed by atoms with van der Waals surface area (Å²) < 4.78 is 32.1. The minimum absolute atomic E-state index is 0.112. The van der Waals surface area contributed by atoms with Crippen molar-refractivity contribution >= 4 is 27.9 Å². The van der Waals surface area contributed by atoms with Crippen LogP contribution < -0.4 is 5.32 Å². The van der Waals surface area contributed by atoms with E-state index in [4.69, 9.17) is 4.74 Å². The summed E-state index contributed by atoms with van der Waals surface area (Å²) in [6.07, 6.45) is 0.514. The number of amides is 3. The fraction of sp³-hybridized carbons (Fsp3) is 0.526. The molecule has 0 aliphatic carbocycles. The van der Waals surface area contributed by atoms with Gasteiger partial charge in [0.25, 0.3) is 5.91 Å². The van der Waals surface area contributed by atoms with Crippen LogP contribution in [0, 0.1) is 5.92 Å². The summed E-state index contributed by atoms with van der Waals surface area (Å²) in [7, 11) is -3.61. The van der Waals surface area contributed by atoms with Crippen molar-refractivity contribution in [3.63, 3.8) is 0 Å². The summed E-state index contributed by atoms with van der Waals surface area (Å²) >= 11 is 0. The average molecular weight is 423 g/mol. The monoisotopic (exact) mass is 423 g/mol. The maximum atomic E-state index is 12.7. The van der Waals surface area contributed by atoms with Crippen LogP contribution in [0.1, 0.15) is 37.0 Å². The molecule has 1 aromatic carbocycles. The molecule has 2 aliphatic rings. The second-order valence-corrected chi connectivity index (χ2v) is 9.32. The highest BCUT2D eigenvalue weighted by molar-refractivity contribution is 7.89. The number of carbonyl (C=O) groups is 3. The van der Waals surface area contributed by atoms with Crippen molar-refractivity contribution in [2.24, 2.45) is 5.92 Å². The molecule has 1 atom stereocenters. The van der Waals surface area contributed by atoms with E-state index in [0.29, 0.717) is 25.6 Å². The van der Waals surface area contributed by atoms with E-state index in [9.17, 15) is 22.8 Å². The molecule has 0 radical (unpaired) electrons. The molecular weight excluding hydrogens is 398 g/mol. The highest BCUT2D eigenvalue weighted by atomic mass is 32.2. The minimum Gasteiger partial charge on any atom is -0.449 e. The Morgan fingerprint density at radius 2 is 1.76 bits per heavy atom. The number of benzene rings is 1. The Balaban J connectivity index is 1.64. The molecule has 0 unspecified atom stereocenters. The zero-order valence-electron chi connectivity index (χ0n) is 16.5. The van der Waals surface area contributed by atoms with E-state index in [2.05, 4.69) is 12.2 Å². The standard InChI is InChI=1S/C19H25N3O6S/c1-13-7-10-21(11-8-13)29(26,27)16-5-3-15(4-6-16)18(24)28-14(2)17(23)22-12-9-20-19(22)25/h3-6,13-14H,7-12H2,1-2H3,(H,20,25)/t14-/m1/s1. The van der Waals surface area contributed by atoms with Crippen molar-refractivity contribution in [1.82, 2.24) is 14.5 Å². The predicted molar refractivity (Wildman–Crippen MR) is 104 cm³/mol. The molecule has 0 bridgehead atoms. The highest BCUT2D eigenvalue weighted by Gasteiger charge is 2.32. The molecule has 2 fully saturated rings. The van der Waals surface area contributed by atoms with Gasteiger partial charge in [-0.1, -0.05) is 6.92 Å². The first-order valence-electron chi connectivity index (χ1n) is 9.60. The van der Waals surface area contributed by atoms with E-state index < -0.39 is 34.0 Å². The van der Waals surface area contributed by atoms with E-state index >= 15 is 0 Å². The van der Waals surface area contributed by atoms with E-state index in [0.717, 1.165) is 17.7 Å². The van der Waals surface area contributed by atoms with Crippen LogP contribution in [0.25, 0.3) is 0 Å². The third kappa shape index (κ3) is 4.59. The Hall–Kier alpha value is -2.46. The first-order valence-corrected chi connectivity index (χ1v) is 11.0. The SMILES string of the molecule is CC1CCN(S(=O)(=O)c2ccc(C(=O)O[C@H](C)C(=O)N3CCNC3=O)cc2)CC1. The summed E-state index contributed by atoms with van der Waals surface area (Å²) in [6.45, 7) is 5.04. The van der Waals surface area contributed by atoms with Crippen molar-refractivity contribution in [3.05, 3.63) is 29.8 Å². The largest absolute Gasteiger partial charge is 0.449 e. The summed E-state index contributed by atoms with van der Waals surface area (Å²) in [5, 5.41) is 2.50. The van der Waals surface area contributed by atoms with E-state index in [-0.39, 0.29) is 17.0 Å². The highest BCUT2D eigenvalue weighted by Crippen LogP contribution is 2.23. The maximum absolute atomic E-state index is 12.7. The number of carbonyl (C=O) groups excluding carboxylic acids is 3. The lowest BCUT2D eigenvalue weighted by molar-refractivity contribution is -0.136. The van der Waals surface area contributed by atoms with Gasteiger partial charge in [0.05, 0.1) is 10.5 Å². The molecular formula is C19H25N3O6S. The Bertz CT molecular complexity index is 891. The van der Waals surface area contributed by atoms with Gasteiger partial charge in [0.2, 0.25) is 10.0 Å². The summed E-state index contributed by atoms with van der Waals surface area (Å²) in [6, 6.07) is 4.94. The second kappa shape index (κ2) is 8.50. The second-order valence-electron chi connectivity index (χ2n) is 7.38. The van der Waals surface area contributed by atoms with E-state index in [1.165, 1.54) is 35.5 Å². The first-order chi connectivity index (χ1) is 13.7. The van der Waals surface area contributed by atoms with E-state index in [1.807, 2.05) is 0 Å². The topological polar surface area (TPSA) is 113 Å². The molecule has 158 valence electrons. The van der Waals surface area contributed by atoms with Crippen LogP contribution in [-0.4, -0.2) is 67.8 Å². The molecule has 2 saturated heterocycles. The Labute approximate surface area is 170 Å². The smallest absolute Gasteiger partial charge is 0.338 e. The van der Waals surface area contributed by atoms with Crippen LogP contribution in [0.2, 0.25) is 0 Å². The molecule has 1 aromatic rings. The van der Waals surface area contributed by atoms with Crippen LogP contribution in [-0.2, 0) is 19.6 Å². The predicted octanol–water partition coefficient (Wildman–Crippen LogP) is 1.20. The van der Waals surface area contributed by atoms with E-state index in [1.54, 1.807) is 0 Å². The quantitative estimate of drug-likeness (QED) is 0.712. The fourth-order valence-corrected chi connectivity index (χ4v) is 4.79. The Morgan fingerprint density at radius 1 is 1.14 bits per heavy atom. The molecule has 0 saturated carbocycles. The lowest BCUT2D eigenvalue weighted by atomic mass is 10.0. The third-order valence-corrected chi connectivity index (χ3v) is 7.14. The molecule has 2 heterocycles. The zero-order chi connectivity index (χ0) is 21.2. The average Bonchev–Trinajstić information content (AvgIpc) is 3.13. The van der Waals surface area contributed by atoms with Gasteiger partial charge in [-0.3, -0.25) is 9.69 Å². The molecule has 9 nitrogen and oxygen atoms in total. The molecule has 0 aromatic heterocycles. The van der Waals surface area contributed by atoms with Gasteiger partial charge in [-0.25, -0.2) is 18.0 Å². The third-order valence-electron chi connectivity index (χ3n) is 5.22. The van der Waals surface area contributed by atoms with Crippen molar-refractivity contribution in [3.8, 4) is 0 Å². The number of imide groups is 1. The van der Waals surface area contributed by atoms with Gasteiger partial charge in [0.15, 0.2) is 6.10 Å². The number of sulfonamides is 1. The molecule has 29 heavy (non-hydrogen) atoms. The van der Waals surface area contributed by atoms with Crippen molar-refractivity contribution in [2.45, 2.75) is 37.7 Å². The maximum Gasteiger partial charge on any atom is 0.338 e. The fourth-order valence-electron chi connectivity index (χ4n) is 3.32. The van der Waals surface area contributed by atoms with Gasteiger partial charge in [-0.2, -0.15) is 4.31 Å². The minimum atomic E-state index is -3.61. The van der Waals surface area contributed by atoms with Crippen LogP contribution in [0.4, 0.5) is 4.79 Å². The number of nitrogens with one attached hydrogen (secondary N) is 1. The molecule has 3 rings (SSSR count).